The van der Waals surface area contributed by atoms with Crippen LogP contribution in [0.4, 0.5) is 0 Å². The molecule has 0 spiro atoms. The van der Waals surface area contributed by atoms with Gasteiger partial charge in [-0.15, -0.1) is 0 Å². The molecule has 3 aliphatic heterocycles. The average Bonchev–Trinajstić information content (AvgIpc) is 3.35. The fourth-order valence-corrected chi connectivity index (χ4v) is 5.96. The number of benzene rings is 3. The van der Waals surface area contributed by atoms with Crippen molar-refractivity contribution >= 4 is 5.91 Å². The number of ether oxygens (including phenoxy) is 2. The number of hydrogen-bond donors (Lipinski definition) is 0. The van der Waals surface area contributed by atoms with Crippen LogP contribution < -0.4 is 9.47 Å². The van der Waals surface area contributed by atoms with Crippen molar-refractivity contribution in [3.05, 3.63) is 83.4 Å². The van der Waals surface area contributed by atoms with E-state index in [-0.39, 0.29) is 12.7 Å². The second-order valence-electron chi connectivity index (χ2n) is 10.1. The maximum Gasteiger partial charge on any atom is 0.231 e. The second-order valence-corrected chi connectivity index (χ2v) is 10.1. The van der Waals surface area contributed by atoms with Crippen molar-refractivity contribution in [1.29, 1.82) is 0 Å². The van der Waals surface area contributed by atoms with Crippen molar-refractivity contribution in [3.8, 4) is 22.6 Å². The zero-order valence-corrected chi connectivity index (χ0v) is 20.3. The molecule has 3 aromatic carbocycles. The van der Waals surface area contributed by atoms with Gasteiger partial charge in [0.05, 0.1) is 0 Å². The number of piperidine rings is 2. The molecule has 3 aromatic rings. The minimum absolute atomic E-state index is 0.274. The molecule has 0 aliphatic carbocycles. The summed E-state index contributed by atoms with van der Waals surface area (Å²) < 4.78 is 11.0. The molecule has 180 valence electrons. The van der Waals surface area contributed by atoms with E-state index in [1.165, 1.54) is 22.3 Å². The number of aryl methyl sites for hydroxylation is 1. The van der Waals surface area contributed by atoms with Crippen LogP contribution in [-0.2, 0) is 17.9 Å². The van der Waals surface area contributed by atoms with Crippen molar-refractivity contribution in [2.75, 3.05) is 19.9 Å². The van der Waals surface area contributed by atoms with Crippen molar-refractivity contribution in [2.24, 2.45) is 5.92 Å². The van der Waals surface area contributed by atoms with Crippen LogP contribution in [0.1, 0.15) is 36.0 Å². The molecule has 2 atom stereocenters. The van der Waals surface area contributed by atoms with Crippen LogP contribution in [0.2, 0.25) is 0 Å². The van der Waals surface area contributed by atoms with Gasteiger partial charge >= 0.3 is 0 Å². The zero-order chi connectivity index (χ0) is 23.8. The number of amides is 1. The van der Waals surface area contributed by atoms with Crippen LogP contribution >= 0.6 is 0 Å². The van der Waals surface area contributed by atoms with Gasteiger partial charge in [-0.3, -0.25) is 9.69 Å². The van der Waals surface area contributed by atoms with E-state index < -0.39 is 0 Å². The molecule has 3 heterocycles. The largest absolute Gasteiger partial charge is 0.454 e. The number of rotatable bonds is 5. The summed E-state index contributed by atoms with van der Waals surface area (Å²) in [6, 6.07) is 23.9. The van der Waals surface area contributed by atoms with Crippen LogP contribution in [0.5, 0.6) is 11.5 Å². The molecule has 6 rings (SSSR count). The summed E-state index contributed by atoms with van der Waals surface area (Å²) in [5, 5.41) is 0. The summed E-state index contributed by atoms with van der Waals surface area (Å²) in [5.41, 5.74) is 6.34. The Morgan fingerprint density at radius 3 is 2.54 bits per heavy atom. The van der Waals surface area contributed by atoms with E-state index in [0.717, 1.165) is 49.5 Å². The molecule has 0 unspecified atom stereocenters. The lowest BCUT2D eigenvalue weighted by Crippen LogP contribution is -2.55. The first kappa shape index (κ1) is 22.2. The Hall–Kier alpha value is -3.31. The quantitative estimate of drug-likeness (QED) is 0.503. The van der Waals surface area contributed by atoms with Gasteiger partial charge < -0.3 is 14.4 Å². The van der Waals surface area contributed by atoms with E-state index in [9.17, 15) is 4.79 Å². The first-order chi connectivity index (χ1) is 17.1. The predicted octanol–water partition coefficient (Wildman–Crippen LogP) is 5.40. The smallest absolute Gasteiger partial charge is 0.231 e. The monoisotopic (exact) mass is 468 g/mol. The van der Waals surface area contributed by atoms with Gasteiger partial charge in [-0.05, 0) is 65.6 Å². The van der Waals surface area contributed by atoms with Crippen LogP contribution in [-0.4, -0.2) is 41.6 Å². The summed E-state index contributed by atoms with van der Waals surface area (Å²) in [5.74, 6) is 2.38. The molecule has 5 heteroatoms. The fourth-order valence-electron chi connectivity index (χ4n) is 5.96. The Balaban J connectivity index is 1.10. The highest BCUT2D eigenvalue weighted by atomic mass is 16.7. The van der Waals surface area contributed by atoms with E-state index in [1.54, 1.807) is 0 Å². The Morgan fingerprint density at radius 1 is 0.886 bits per heavy atom. The van der Waals surface area contributed by atoms with Gasteiger partial charge in [-0.1, -0.05) is 54.6 Å². The summed E-state index contributed by atoms with van der Waals surface area (Å²) >= 11 is 0. The first-order valence-corrected chi connectivity index (χ1v) is 12.7. The van der Waals surface area contributed by atoms with Gasteiger partial charge in [-0.2, -0.15) is 0 Å². The van der Waals surface area contributed by atoms with E-state index in [4.69, 9.17) is 9.47 Å². The van der Waals surface area contributed by atoms with E-state index in [2.05, 4.69) is 71.3 Å². The Bertz CT molecular complexity index is 1220. The van der Waals surface area contributed by atoms with E-state index in [0.29, 0.717) is 24.9 Å². The molecule has 0 N–H and O–H groups in total. The SMILES string of the molecule is Cc1ccccc1-c1ccc(CN2CC[C@H]3[C@H](CCC(=O)N3Cc3ccc4c(c3)OCO4)C2)cc1. The average molecular weight is 469 g/mol. The Labute approximate surface area is 207 Å². The van der Waals surface area contributed by atoms with Gasteiger partial charge in [0.15, 0.2) is 11.5 Å². The van der Waals surface area contributed by atoms with Crippen molar-refractivity contribution in [3.63, 3.8) is 0 Å². The van der Waals surface area contributed by atoms with Gasteiger partial charge in [-0.25, -0.2) is 0 Å². The molecule has 35 heavy (non-hydrogen) atoms. The Morgan fingerprint density at radius 2 is 1.69 bits per heavy atom. The lowest BCUT2D eigenvalue weighted by atomic mass is 9.83. The van der Waals surface area contributed by atoms with Crippen molar-refractivity contribution in [2.45, 2.75) is 45.3 Å². The van der Waals surface area contributed by atoms with Crippen molar-refractivity contribution in [1.82, 2.24) is 9.80 Å². The predicted molar refractivity (Wildman–Crippen MR) is 136 cm³/mol. The van der Waals surface area contributed by atoms with Gasteiger partial charge in [0.1, 0.15) is 0 Å². The maximum atomic E-state index is 12.9. The third-order valence-corrected chi connectivity index (χ3v) is 7.83. The van der Waals surface area contributed by atoms with E-state index in [1.807, 2.05) is 12.1 Å². The number of likely N-dealkylation sites (tertiary alicyclic amines) is 2. The number of fused-ring (bicyclic) bond motifs is 2. The molecular formula is C30H32N2O3. The third kappa shape index (κ3) is 4.53. The minimum Gasteiger partial charge on any atom is -0.454 e. The minimum atomic E-state index is 0.274. The van der Waals surface area contributed by atoms with Gasteiger partial charge in [0.25, 0.3) is 0 Å². The van der Waals surface area contributed by atoms with Crippen LogP contribution in [0.25, 0.3) is 11.1 Å². The molecule has 0 radical (unpaired) electrons. The van der Waals surface area contributed by atoms with Crippen molar-refractivity contribution < 1.29 is 14.3 Å². The maximum absolute atomic E-state index is 12.9. The molecule has 0 aromatic heterocycles. The number of carbonyl (C=O) groups excluding carboxylic acids is 1. The highest BCUT2D eigenvalue weighted by Crippen LogP contribution is 2.36. The topological polar surface area (TPSA) is 42.0 Å². The molecule has 0 saturated carbocycles. The third-order valence-electron chi connectivity index (χ3n) is 7.83. The van der Waals surface area contributed by atoms with Crippen LogP contribution in [0.3, 0.4) is 0 Å². The number of carbonyl (C=O) groups is 1. The number of nitrogens with zero attached hydrogens (tertiary/aromatic N) is 2. The molecule has 2 fully saturated rings. The highest BCUT2D eigenvalue weighted by molar-refractivity contribution is 5.77. The summed E-state index contributed by atoms with van der Waals surface area (Å²) in [6.07, 6.45) is 2.66. The standard InChI is InChI=1S/C30H32N2O3/c1-21-4-2-3-5-26(21)24-9-6-22(7-10-24)17-31-15-14-27-25(19-31)11-13-30(33)32(27)18-23-8-12-28-29(16-23)35-20-34-28/h2-10,12,16,25,27H,11,13-15,17-20H2,1H3/t25-,27+/m1/s1. The normalized spacial score (nSPS) is 21.7. The highest BCUT2D eigenvalue weighted by Gasteiger charge is 2.39. The van der Waals surface area contributed by atoms with Crippen LogP contribution in [0, 0.1) is 12.8 Å². The molecule has 0 bridgehead atoms. The second kappa shape index (κ2) is 9.38. The Kier molecular flexibility index (Phi) is 5.95. The van der Waals surface area contributed by atoms with Gasteiger partial charge in [0, 0.05) is 38.6 Å². The lowest BCUT2D eigenvalue weighted by Gasteiger charge is -2.47. The van der Waals surface area contributed by atoms with Crippen LogP contribution in [0.15, 0.2) is 66.7 Å². The molecule has 5 nitrogen and oxygen atoms in total. The fraction of sp³-hybridized carbons (Fsp3) is 0.367. The molecule has 1 amide bonds. The lowest BCUT2D eigenvalue weighted by molar-refractivity contribution is -0.142. The zero-order valence-electron chi connectivity index (χ0n) is 20.3. The molecule has 2 saturated heterocycles. The van der Waals surface area contributed by atoms with E-state index >= 15 is 0 Å². The number of hydrogen-bond acceptors (Lipinski definition) is 4. The summed E-state index contributed by atoms with van der Waals surface area (Å²) in [7, 11) is 0. The summed E-state index contributed by atoms with van der Waals surface area (Å²) in [6.45, 7) is 6.12. The first-order valence-electron chi connectivity index (χ1n) is 12.7. The van der Waals surface area contributed by atoms with Gasteiger partial charge in [0.2, 0.25) is 12.7 Å². The molecule has 3 aliphatic rings. The summed E-state index contributed by atoms with van der Waals surface area (Å²) in [4.78, 5) is 17.6. The molecular weight excluding hydrogens is 436 g/mol.